The van der Waals surface area contributed by atoms with Gasteiger partial charge < -0.3 is 24.1 Å². The van der Waals surface area contributed by atoms with Gasteiger partial charge in [0.15, 0.2) is 17.6 Å². The standard InChI is InChI=1S/C37H56O6/c1-28(2)13-12-15-29(3)16-17-31(5)20-23-37(6,7)22-11-10-14-30(4)21-24-43-35(36(38)39)27-42-26-32-18-19-33(40-8)34(25-32)41-9/h11,13,16,18-19,21-22,25,35H,5,10,12,14-15,17,20,23-24,26-27H2,1-4,6-9H3,(H,38,39)/t35-/m1/s1. The maximum Gasteiger partial charge on any atom is 0.335 e. The summed E-state index contributed by atoms with van der Waals surface area (Å²) in [5.41, 5.74) is 6.22. The van der Waals surface area contributed by atoms with Crippen molar-refractivity contribution in [1.29, 1.82) is 0 Å². The molecule has 0 spiro atoms. The van der Waals surface area contributed by atoms with Crippen LogP contribution < -0.4 is 9.47 Å². The first-order chi connectivity index (χ1) is 20.4. The lowest BCUT2D eigenvalue weighted by Crippen LogP contribution is -2.29. The van der Waals surface area contributed by atoms with Crippen LogP contribution in [0, 0.1) is 5.41 Å². The Kier molecular flexibility index (Phi) is 18.3. The van der Waals surface area contributed by atoms with Crippen molar-refractivity contribution in [2.75, 3.05) is 27.4 Å². The summed E-state index contributed by atoms with van der Waals surface area (Å²) in [6, 6.07) is 5.45. The number of methoxy groups -OCH3 is 2. The summed E-state index contributed by atoms with van der Waals surface area (Å²) in [4.78, 5) is 11.6. The van der Waals surface area contributed by atoms with E-state index in [1.165, 1.54) is 16.7 Å². The summed E-state index contributed by atoms with van der Waals surface area (Å²) in [7, 11) is 3.14. The predicted molar refractivity (Wildman–Crippen MR) is 178 cm³/mol. The molecule has 1 aromatic carbocycles. The fraction of sp³-hybridized carbons (Fsp3) is 0.541. The fourth-order valence-corrected chi connectivity index (χ4v) is 4.26. The molecule has 6 nitrogen and oxygen atoms in total. The van der Waals surface area contributed by atoms with Gasteiger partial charge in [-0.1, -0.05) is 79.2 Å². The van der Waals surface area contributed by atoms with Crippen molar-refractivity contribution in [3.05, 3.63) is 83.0 Å². The van der Waals surface area contributed by atoms with Crippen LogP contribution in [0.15, 0.2) is 77.5 Å². The first-order valence-corrected chi connectivity index (χ1v) is 15.3. The number of hydrogen-bond acceptors (Lipinski definition) is 5. The number of benzene rings is 1. The molecule has 43 heavy (non-hydrogen) atoms. The van der Waals surface area contributed by atoms with E-state index in [1.54, 1.807) is 20.3 Å². The number of aliphatic carboxylic acids is 1. The van der Waals surface area contributed by atoms with Crippen LogP contribution in [0.1, 0.15) is 92.1 Å². The maximum atomic E-state index is 11.6. The molecule has 0 saturated carbocycles. The van der Waals surface area contributed by atoms with Crippen LogP contribution in [0.2, 0.25) is 0 Å². The quantitative estimate of drug-likeness (QED) is 0.134. The van der Waals surface area contributed by atoms with Crippen molar-refractivity contribution in [2.24, 2.45) is 5.41 Å². The minimum absolute atomic E-state index is 0.0486. The number of allylic oxidation sites excluding steroid dienone is 8. The molecular formula is C37H56O6. The summed E-state index contributed by atoms with van der Waals surface area (Å²) in [6.45, 7) is 17.8. The zero-order valence-corrected chi connectivity index (χ0v) is 28.0. The van der Waals surface area contributed by atoms with Crippen LogP contribution in [-0.4, -0.2) is 44.6 Å². The molecule has 0 radical (unpaired) electrons. The molecule has 0 aliphatic rings. The van der Waals surface area contributed by atoms with Crippen molar-refractivity contribution in [3.63, 3.8) is 0 Å². The molecule has 0 saturated heterocycles. The summed E-state index contributed by atoms with van der Waals surface area (Å²) >= 11 is 0. The molecule has 1 aromatic rings. The highest BCUT2D eigenvalue weighted by molar-refractivity contribution is 5.72. The number of carboxylic acid groups (broad SMARTS) is 1. The van der Waals surface area contributed by atoms with Gasteiger partial charge in [-0.25, -0.2) is 4.79 Å². The highest BCUT2D eigenvalue weighted by Crippen LogP contribution is 2.29. The van der Waals surface area contributed by atoms with Gasteiger partial charge in [-0.05, 0) is 95.8 Å². The molecule has 240 valence electrons. The van der Waals surface area contributed by atoms with Crippen LogP contribution in [0.5, 0.6) is 11.5 Å². The molecule has 0 aliphatic carbocycles. The zero-order valence-electron chi connectivity index (χ0n) is 28.0. The van der Waals surface area contributed by atoms with E-state index >= 15 is 0 Å². The molecule has 0 aromatic heterocycles. The average Bonchev–Trinajstić information content (AvgIpc) is 2.96. The van der Waals surface area contributed by atoms with Crippen molar-refractivity contribution < 1.29 is 28.8 Å². The predicted octanol–water partition coefficient (Wildman–Crippen LogP) is 9.42. The molecule has 1 N–H and O–H groups in total. The Bertz CT molecular complexity index is 1120. The third-order valence-electron chi connectivity index (χ3n) is 7.22. The zero-order chi connectivity index (χ0) is 32.3. The van der Waals surface area contributed by atoms with Gasteiger partial charge in [0.1, 0.15) is 0 Å². The van der Waals surface area contributed by atoms with Gasteiger partial charge in [-0.2, -0.15) is 0 Å². The van der Waals surface area contributed by atoms with Gasteiger partial charge in [0.05, 0.1) is 34.0 Å². The van der Waals surface area contributed by atoms with Gasteiger partial charge in [0.25, 0.3) is 0 Å². The normalized spacial score (nSPS) is 13.2. The Morgan fingerprint density at radius 1 is 0.953 bits per heavy atom. The number of rotatable bonds is 22. The minimum Gasteiger partial charge on any atom is -0.493 e. The highest BCUT2D eigenvalue weighted by atomic mass is 16.5. The molecule has 0 amide bonds. The topological polar surface area (TPSA) is 74.2 Å². The van der Waals surface area contributed by atoms with Crippen molar-refractivity contribution in [2.45, 2.75) is 99.2 Å². The first-order valence-electron chi connectivity index (χ1n) is 15.3. The van der Waals surface area contributed by atoms with E-state index in [4.69, 9.17) is 18.9 Å². The third-order valence-corrected chi connectivity index (χ3v) is 7.22. The summed E-state index contributed by atoms with van der Waals surface area (Å²) in [5.74, 6) is 0.178. The SMILES string of the molecule is C=C(CC=C(C)CCC=C(C)C)CCC(C)(C)C=CCCC(C)=CCO[C@H](COCc1ccc(OC)c(OC)c1)C(=O)O. The molecule has 6 heteroatoms. The Hall–Kier alpha value is -3.09. The molecule has 1 atom stereocenters. The first kappa shape index (κ1) is 37.9. The number of ether oxygens (including phenoxy) is 4. The Labute approximate surface area is 261 Å². The van der Waals surface area contributed by atoms with Crippen molar-refractivity contribution in [3.8, 4) is 11.5 Å². The van der Waals surface area contributed by atoms with Gasteiger partial charge in [-0.15, -0.1) is 0 Å². The van der Waals surface area contributed by atoms with E-state index in [0.29, 0.717) is 11.5 Å². The number of carboxylic acids is 1. The van der Waals surface area contributed by atoms with Crippen LogP contribution in [-0.2, 0) is 20.9 Å². The van der Waals surface area contributed by atoms with Gasteiger partial charge in [0.2, 0.25) is 0 Å². The van der Waals surface area contributed by atoms with E-state index in [2.05, 4.69) is 65.5 Å². The van der Waals surface area contributed by atoms with Crippen molar-refractivity contribution in [1.82, 2.24) is 0 Å². The molecular weight excluding hydrogens is 540 g/mol. The second-order valence-corrected chi connectivity index (χ2v) is 12.2. The second kappa shape index (κ2) is 20.8. The van der Waals surface area contributed by atoms with Crippen molar-refractivity contribution >= 4 is 5.97 Å². The van der Waals surface area contributed by atoms with E-state index in [0.717, 1.165) is 56.1 Å². The van der Waals surface area contributed by atoms with E-state index < -0.39 is 12.1 Å². The third kappa shape index (κ3) is 17.6. The van der Waals surface area contributed by atoms with E-state index in [-0.39, 0.29) is 25.2 Å². The second-order valence-electron chi connectivity index (χ2n) is 12.2. The van der Waals surface area contributed by atoms with Gasteiger partial charge in [0, 0.05) is 0 Å². The van der Waals surface area contributed by atoms with Crippen LogP contribution >= 0.6 is 0 Å². The monoisotopic (exact) mass is 596 g/mol. The van der Waals surface area contributed by atoms with Crippen LogP contribution in [0.3, 0.4) is 0 Å². The highest BCUT2D eigenvalue weighted by Gasteiger charge is 2.18. The number of hydrogen-bond donors (Lipinski definition) is 1. The smallest absolute Gasteiger partial charge is 0.335 e. The molecule has 1 rings (SSSR count). The van der Waals surface area contributed by atoms with Gasteiger partial charge >= 0.3 is 5.97 Å². The molecule has 0 heterocycles. The van der Waals surface area contributed by atoms with E-state index in [9.17, 15) is 9.90 Å². The van der Waals surface area contributed by atoms with Crippen LogP contribution in [0.4, 0.5) is 0 Å². The van der Waals surface area contributed by atoms with Crippen LogP contribution in [0.25, 0.3) is 0 Å². The molecule has 0 unspecified atom stereocenters. The lowest BCUT2D eigenvalue weighted by atomic mass is 9.85. The summed E-state index contributed by atoms with van der Waals surface area (Å²) in [6.07, 6.45) is 17.2. The Balaban J connectivity index is 2.39. The molecule has 0 aliphatic heterocycles. The average molecular weight is 597 g/mol. The molecule has 0 fully saturated rings. The van der Waals surface area contributed by atoms with Gasteiger partial charge in [-0.3, -0.25) is 0 Å². The summed E-state index contributed by atoms with van der Waals surface area (Å²) in [5, 5.41) is 9.53. The Morgan fingerprint density at radius 3 is 2.28 bits per heavy atom. The lowest BCUT2D eigenvalue weighted by Gasteiger charge is -2.20. The maximum absolute atomic E-state index is 11.6. The summed E-state index contributed by atoms with van der Waals surface area (Å²) < 4.78 is 21.8. The Morgan fingerprint density at radius 2 is 1.63 bits per heavy atom. The fourth-order valence-electron chi connectivity index (χ4n) is 4.26. The lowest BCUT2D eigenvalue weighted by molar-refractivity contribution is -0.154. The van der Waals surface area contributed by atoms with E-state index in [1.807, 2.05) is 25.1 Å². The minimum atomic E-state index is -1.04. The number of carbonyl (C=O) groups is 1. The largest absolute Gasteiger partial charge is 0.493 e. The molecule has 0 bridgehead atoms.